The van der Waals surface area contributed by atoms with E-state index in [2.05, 4.69) is 0 Å². The van der Waals surface area contributed by atoms with Crippen LogP contribution < -0.4 is 0 Å². The van der Waals surface area contributed by atoms with Crippen LogP contribution in [0.3, 0.4) is 0 Å². The number of carbonyl (C=O) groups excluding carboxylic acids is 2. The number of ketones is 1. The molecule has 0 saturated carbocycles. The summed E-state index contributed by atoms with van der Waals surface area (Å²) in [6.45, 7) is 3.09. The van der Waals surface area contributed by atoms with Crippen molar-refractivity contribution in [1.82, 2.24) is 0 Å². The molecule has 1 unspecified atom stereocenters. The number of fused-ring (bicyclic) bond motifs is 2. The minimum absolute atomic E-state index is 0.0525. The molecule has 0 amide bonds. The Balaban J connectivity index is 1.58. The molecule has 0 spiro atoms. The van der Waals surface area contributed by atoms with Gasteiger partial charge in [0.2, 0.25) is 0 Å². The second-order valence-corrected chi connectivity index (χ2v) is 7.36. The van der Waals surface area contributed by atoms with Crippen LogP contribution in [0.25, 0.3) is 0 Å². The van der Waals surface area contributed by atoms with Crippen LogP contribution >= 0.6 is 0 Å². The van der Waals surface area contributed by atoms with Gasteiger partial charge in [0.25, 0.3) is 0 Å². The van der Waals surface area contributed by atoms with Crippen LogP contribution in [0.5, 0.6) is 0 Å². The molecule has 3 rings (SSSR count). The lowest BCUT2D eigenvalue weighted by Gasteiger charge is -2.42. The summed E-state index contributed by atoms with van der Waals surface area (Å²) in [5.41, 5.74) is -0.0367. The Bertz CT molecular complexity index is 628. The molecule has 0 aliphatic carbocycles. The van der Waals surface area contributed by atoms with E-state index in [4.69, 9.17) is 14.2 Å². The lowest BCUT2D eigenvalue weighted by molar-refractivity contribution is -0.190. The van der Waals surface area contributed by atoms with E-state index in [0.717, 1.165) is 18.4 Å². The molecule has 2 aliphatic heterocycles. The van der Waals surface area contributed by atoms with Gasteiger partial charge in [0, 0.05) is 13.0 Å². The van der Waals surface area contributed by atoms with Gasteiger partial charge >= 0.3 is 5.97 Å². The average molecular weight is 346 g/mol. The highest BCUT2D eigenvalue weighted by Crippen LogP contribution is 2.51. The number of methoxy groups -OCH3 is 1. The summed E-state index contributed by atoms with van der Waals surface area (Å²) >= 11 is 0. The second-order valence-electron chi connectivity index (χ2n) is 7.36. The number of ether oxygens (including phenoxy) is 3. The minimum atomic E-state index is -0.804. The molecular formula is C20H26O5. The van der Waals surface area contributed by atoms with Crippen molar-refractivity contribution in [3.05, 3.63) is 35.9 Å². The maximum absolute atomic E-state index is 12.5. The molecule has 0 N–H and O–H groups in total. The van der Waals surface area contributed by atoms with Gasteiger partial charge in [-0.25, -0.2) is 0 Å². The largest absolute Gasteiger partial charge is 0.468 e. The Morgan fingerprint density at radius 3 is 2.76 bits per heavy atom. The van der Waals surface area contributed by atoms with E-state index in [9.17, 15) is 9.59 Å². The van der Waals surface area contributed by atoms with Gasteiger partial charge in [-0.2, -0.15) is 0 Å². The first-order valence-electron chi connectivity index (χ1n) is 8.90. The minimum Gasteiger partial charge on any atom is -0.468 e. The summed E-state index contributed by atoms with van der Waals surface area (Å²) in [7, 11) is 1.33. The number of Topliss-reactive ketones (excluding diaryl/α,β-unsaturated/α-hetero) is 1. The highest BCUT2D eigenvalue weighted by atomic mass is 16.5. The predicted molar refractivity (Wildman–Crippen MR) is 91.9 cm³/mol. The molecule has 2 bridgehead atoms. The van der Waals surface area contributed by atoms with E-state index in [1.807, 2.05) is 37.3 Å². The van der Waals surface area contributed by atoms with Gasteiger partial charge in [0.05, 0.1) is 24.9 Å². The molecule has 2 aliphatic rings. The molecule has 0 radical (unpaired) electrons. The highest BCUT2D eigenvalue weighted by molar-refractivity contribution is 6.01. The molecule has 3 atom stereocenters. The zero-order chi connectivity index (χ0) is 17.9. The maximum atomic E-state index is 12.5. The fourth-order valence-corrected chi connectivity index (χ4v) is 4.18. The summed E-state index contributed by atoms with van der Waals surface area (Å²) < 4.78 is 16.9. The molecule has 0 aromatic heterocycles. The Morgan fingerprint density at radius 2 is 2.04 bits per heavy atom. The van der Waals surface area contributed by atoms with E-state index in [0.29, 0.717) is 32.5 Å². The molecule has 1 aromatic rings. The van der Waals surface area contributed by atoms with E-state index in [-0.39, 0.29) is 5.78 Å². The van der Waals surface area contributed by atoms with Crippen LogP contribution in [0.15, 0.2) is 30.3 Å². The van der Waals surface area contributed by atoms with Crippen molar-refractivity contribution in [1.29, 1.82) is 0 Å². The van der Waals surface area contributed by atoms with E-state index in [1.165, 1.54) is 7.11 Å². The third-order valence-corrected chi connectivity index (χ3v) is 5.36. The van der Waals surface area contributed by atoms with Crippen molar-refractivity contribution >= 4 is 11.8 Å². The van der Waals surface area contributed by atoms with Crippen molar-refractivity contribution < 1.29 is 23.8 Å². The van der Waals surface area contributed by atoms with Crippen LogP contribution in [-0.2, 0) is 30.4 Å². The summed E-state index contributed by atoms with van der Waals surface area (Å²) in [5.74, 6) is -1.33. The third kappa shape index (κ3) is 3.77. The monoisotopic (exact) mass is 346 g/mol. The first-order valence-corrected chi connectivity index (χ1v) is 8.90. The molecule has 1 aromatic carbocycles. The van der Waals surface area contributed by atoms with Gasteiger partial charge < -0.3 is 14.2 Å². The smallest absolute Gasteiger partial charge is 0.319 e. The molecule has 5 heteroatoms. The number of rotatable bonds is 7. The highest BCUT2D eigenvalue weighted by Gasteiger charge is 2.61. The first-order chi connectivity index (χ1) is 12.0. The normalized spacial score (nSPS) is 31.1. The molecule has 5 nitrogen and oxygen atoms in total. The maximum Gasteiger partial charge on any atom is 0.319 e. The molecule has 25 heavy (non-hydrogen) atoms. The first kappa shape index (κ1) is 18.1. The quantitative estimate of drug-likeness (QED) is 0.431. The SMILES string of the molecule is COC(=O)C1C(=O)C[C@@]2(C)CC[C@]1(CCCOCc1ccccc1)O2. The zero-order valence-corrected chi connectivity index (χ0v) is 15.0. The number of benzene rings is 1. The fraction of sp³-hybridized carbons (Fsp3) is 0.600. The van der Waals surface area contributed by atoms with Crippen LogP contribution in [0.2, 0.25) is 0 Å². The van der Waals surface area contributed by atoms with Gasteiger partial charge in [0.1, 0.15) is 5.92 Å². The molecule has 2 heterocycles. The van der Waals surface area contributed by atoms with Crippen LogP contribution in [0.1, 0.15) is 44.6 Å². The lowest BCUT2D eigenvalue weighted by atomic mass is 9.78. The molecule has 136 valence electrons. The summed E-state index contributed by atoms with van der Waals surface area (Å²) in [6.07, 6.45) is 3.18. The van der Waals surface area contributed by atoms with Gasteiger partial charge in [-0.15, -0.1) is 0 Å². The molecule has 2 saturated heterocycles. The second kappa shape index (κ2) is 7.26. The standard InChI is InChI=1S/C20H26O5/c1-19-10-11-20(25-19,17(16(21)13-19)18(22)23-2)9-6-12-24-14-15-7-4-3-5-8-15/h3-5,7-8,17H,6,9-14H2,1-2H3/t17?,19-,20+/m1/s1. The van der Waals surface area contributed by atoms with Gasteiger partial charge in [-0.1, -0.05) is 30.3 Å². The fourth-order valence-electron chi connectivity index (χ4n) is 4.18. The summed E-state index contributed by atoms with van der Waals surface area (Å²) in [5, 5.41) is 0. The van der Waals surface area contributed by atoms with Crippen molar-refractivity contribution in [3.8, 4) is 0 Å². The number of carbonyl (C=O) groups is 2. The Labute approximate surface area is 148 Å². The topological polar surface area (TPSA) is 61.8 Å². The van der Waals surface area contributed by atoms with Crippen molar-refractivity contribution in [2.45, 2.75) is 56.8 Å². The van der Waals surface area contributed by atoms with Crippen molar-refractivity contribution in [2.24, 2.45) is 5.92 Å². The van der Waals surface area contributed by atoms with Gasteiger partial charge in [-0.05, 0) is 38.2 Å². The van der Waals surface area contributed by atoms with Crippen LogP contribution in [0, 0.1) is 5.92 Å². The lowest BCUT2D eigenvalue weighted by Crippen LogP contribution is -2.54. The average Bonchev–Trinajstić information content (AvgIpc) is 2.87. The van der Waals surface area contributed by atoms with E-state index < -0.39 is 23.1 Å². The number of esters is 1. The Kier molecular flexibility index (Phi) is 5.25. The van der Waals surface area contributed by atoms with Crippen LogP contribution in [0.4, 0.5) is 0 Å². The predicted octanol–water partition coefficient (Wildman–Crippen LogP) is 3.05. The van der Waals surface area contributed by atoms with E-state index >= 15 is 0 Å². The Hall–Kier alpha value is -1.72. The van der Waals surface area contributed by atoms with E-state index in [1.54, 1.807) is 0 Å². The van der Waals surface area contributed by atoms with Gasteiger partial charge in [-0.3, -0.25) is 9.59 Å². The number of hydrogen-bond acceptors (Lipinski definition) is 5. The zero-order valence-electron chi connectivity index (χ0n) is 15.0. The summed E-state index contributed by atoms with van der Waals surface area (Å²) in [4.78, 5) is 24.7. The molecule has 2 fully saturated rings. The third-order valence-electron chi connectivity index (χ3n) is 5.36. The Morgan fingerprint density at radius 1 is 1.28 bits per heavy atom. The van der Waals surface area contributed by atoms with Crippen molar-refractivity contribution in [3.63, 3.8) is 0 Å². The molecular weight excluding hydrogens is 320 g/mol. The van der Waals surface area contributed by atoms with Gasteiger partial charge in [0.15, 0.2) is 5.78 Å². The van der Waals surface area contributed by atoms with Crippen LogP contribution in [-0.4, -0.2) is 36.7 Å². The number of hydrogen-bond donors (Lipinski definition) is 0. The van der Waals surface area contributed by atoms with Crippen molar-refractivity contribution in [2.75, 3.05) is 13.7 Å². The summed E-state index contributed by atoms with van der Waals surface area (Å²) in [6, 6.07) is 10.00.